The second-order valence-corrected chi connectivity index (χ2v) is 11.9. The van der Waals surface area contributed by atoms with Crippen LogP contribution in [0.2, 0.25) is 0 Å². The van der Waals surface area contributed by atoms with Crippen LogP contribution in [0.4, 0.5) is 0 Å². The molecule has 0 fully saturated rings. The molecule has 0 atom stereocenters. The maximum absolute atomic E-state index is 14.1. The second kappa shape index (κ2) is 14.7. The van der Waals surface area contributed by atoms with Gasteiger partial charge in [-0.25, -0.2) is 0 Å². The van der Waals surface area contributed by atoms with Gasteiger partial charge in [0.05, 0.1) is 32.7 Å². The van der Waals surface area contributed by atoms with E-state index in [1.165, 1.54) is 0 Å². The quantitative estimate of drug-likeness (QED) is 0.172. The van der Waals surface area contributed by atoms with Gasteiger partial charge in [-0.05, 0) is 84.0 Å². The summed E-state index contributed by atoms with van der Waals surface area (Å²) in [5, 5.41) is 10.2. The van der Waals surface area contributed by atoms with Crippen molar-refractivity contribution in [1.29, 1.82) is 0 Å². The Labute approximate surface area is 244 Å². The number of nitrogens with one attached hydrogen (secondary N) is 2. The third-order valence-electron chi connectivity index (χ3n) is 6.99. The normalized spacial score (nSPS) is 11.2. The summed E-state index contributed by atoms with van der Waals surface area (Å²) < 4.78 is 10.7. The van der Waals surface area contributed by atoms with Crippen LogP contribution >= 0.6 is 22.7 Å². The van der Waals surface area contributed by atoms with E-state index in [-0.39, 0.29) is 11.8 Å². The van der Waals surface area contributed by atoms with Crippen molar-refractivity contribution in [2.75, 3.05) is 14.2 Å². The molecule has 0 unspecified atom stereocenters. The van der Waals surface area contributed by atoms with Gasteiger partial charge in [0.25, 0.3) is 0 Å². The van der Waals surface area contributed by atoms with Crippen LogP contribution in [0.1, 0.15) is 40.1 Å². The van der Waals surface area contributed by atoms with Gasteiger partial charge in [-0.3, -0.25) is 9.59 Å². The van der Waals surface area contributed by atoms with Crippen LogP contribution in [0.3, 0.4) is 0 Å². The van der Waals surface area contributed by atoms with E-state index in [1.807, 2.05) is 83.6 Å². The highest BCUT2D eigenvalue weighted by Gasteiger charge is 2.38. The van der Waals surface area contributed by atoms with Gasteiger partial charge in [-0.2, -0.15) is 0 Å². The molecule has 0 aliphatic heterocycles. The average molecular weight is 577 g/mol. The number of carbonyl (C=O) groups excluding carboxylic acids is 2. The highest BCUT2D eigenvalue weighted by Crippen LogP contribution is 2.35. The fourth-order valence-electron chi connectivity index (χ4n) is 4.82. The van der Waals surface area contributed by atoms with E-state index in [9.17, 15) is 9.59 Å². The van der Waals surface area contributed by atoms with Crippen molar-refractivity contribution < 1.29 is 19.1 Å². The molecule has 0 radical (unpaired) electrons. The maximum Gasteiger partial charge on any atom is 0.227 e. The van der Waals surface area contributed by atoms with Crippen LogP contribution in [0, 0.1) is 5.41 Å². The van der Waals surface area contributed by atoms with Gasteiger partial charge in [-0.1, -0.05) is 36.4 Å². The van der Waals surface area contributed by atoms with Gasteiger partial charge in [0.2, 0.25) is 11.8 Å². The van der Waals surface area contributed by atoms with E-state index < -0.39 is 5.41 Å². The molecule has 0 saturated heterocycles. The summed E-state index contributed by atoms with van der Waals surface area (Å²) in [4.78, 5) is 29.0. The first-order valence-corrected chi connectivity index (χ1v) is 15.1. The Morgan fingerprint density at radius 3 is 1.68 bits per heavy atom. The standard InChI is InChI=1S/C32H36N2O4S2/c1-37-26-13-9-24(10-14-26)20-32(21-25-11-15-27(38-2)16-12-25,31(36)34-23-29-7-5-19-40-29)17-3-8-30(35)33-22-28-6-4-18-39-28/h4-7,9-16,18-19H,3,8,17,20-23H2,1-2H3,(H,33,35)(H,34,36). The Hall–Kier alpha value is -3.62. The summed E-state index contributed by atoms with van der Waals surface area (Å²) in [5.41, 5.74) is 1.33. The molecular formula is C32H36N2O4S2. The monoisotopic (exact) mass is 576 g/mol. The smallest absolute Gasteiger partial charge is 0.227 e. The number of ether oxygens (including phenoxy) is 2. The average Bonchev–Trinajstić information content (AvgIpc) is 3.70. The van der Waals surface area contributed by atoms with Crippen LogP contribution in [0.5, 0.6) is 11.5 Å². The number of benzene rings is 2. The lowest BCUT2D eigenvalue weighted by Crippen LogP contribution is -2.44. The zero-order chi connectivity index (χ0) is 28.2. The predicted molar refractivity (Wildman–Crippen MR) is 162 cm³/mol. The summed E-state index contributed by atoms with van der Waals surface area (Å²) >= 11 is 3.25. The molecule has 40 heavy (non-hydrogen) atoms. The summed E-state index contributed by atoms with van der Waals surface area (Å²) in [5.74, 6) is 1.53. The fraction of sp³-hybridized carbons (Fsp3) is 0.312. The molecule has 4 aromatic rings. The van der Waals surface area contributed by atoms with E-state index in [1.54, 1.807) is 36.9 Å². The molecule has 210 valence electrons. The van der Waals surface area contributed by atoms with E-state index in [0.29, 0.717) is 45.2 Å². The number of carbonyl (C=O) groups is 2. The van der Waals surface area contributed by atoms with E-state index in [4.69, 9.17) is 9.47 Å². The first-order chi connectivity index (χ1) is 19.5. The van der Waals surface area contributed by atoms with Crippen LogP contribution in [-0.2, 0) is 35.5 Å². The SMILES string of the molecule is COc1ccc(CC(CCCC(=O)NCc2cccs2)(Cc2ccc(OC)cc2)C(=O)NCc2cccs2)cc1. The highest BCUT2D eigenvalue weighted by molar-refractivity contribution is 7.10. The Balaban J connectivity index is 1.56. The third-order valence-corrected chi connectivity index (χ3v) is 8.74. The molecule has 0 bridgehead atoms. The lowest BCUT2D eigenvalue weighted by Gasteiger charge is -2.33. The Morgan fingerprint density at radius 2 is 1.23 bits per heavy atom. The Kier molecular flexibility index (Phi) is 10.8. The first-order valence-electron chi connectivity index (χ1n) is 13.4. The molecule has 0 saturated carbocycles. The van der Waals surface area contributed by atoms with Crippen LogP contribution in [0.15, 0.2) is 83.6 Å². The number of hydrogen-bond acceptors (Lipinski definition) is 6. The number of amides is 2. The minimum atomic E-state index is -0.755. The molecule has 2 heterocycles. The summed E-state index contributed by atoms with van der Waals surface area (Å²) in [6, 6.07) is 23.8. The number of rotatable bonds is 15. The minimum absolute atomic E-state index is 0.00445. The lowest BCUT2D eigenvalue weighted by molar-refractivity contribution is -0.132. The molecule has 2 N–H and O–H groups in total. The molecule has 2 aromatic heterocycles. The maximum atomic E-state index is 14.1. The topological polar surface area (TPSA) is 76.7 Å². The third kappa shape index (κ3) is 8.44. The fourth-order valence-corrected chi connectivity index (χ4v) is 6.11. The summed E-state index contributed by atoms with van der Waals surface area (Å²) in [6.45, 7) is 1.01. The van der Waals surface area contributed by atoms with Crippen molar-refractivity contribution in [2.24, 2.45) is 5.41 Å². The molecule has 8 heteroatoms. The van der Waals surface area contributed by atoms with Crippen molar-refractivity contribution >= 4 is 34.5 Å². The molecule has 4 rings (SSSR count). The van der Waals surface area contributed by atoms with Crippen LogP contribution < -0.4 is 20.1 Å². The Bertz CT molecular complexity index is 1270. The number of methoxy groups -OCH3 is 2. The predicted octanol–water partition coefficient (Wildman–Crippen LogP) is 6.40. The van der Waals surface area contributed by atoms with Gasteiger partial charge in [-0.15, -0.1) is 22.7 Å². The zero-order valence-electron chi connectivity index (χ0n) is 23.0. The van der Waals surface area contributed by atoms with Crippen molar-refractivity contribution in [2.45, 2.75) is 45.2 Å². The molecule has 2 amide bonds. The molecular weight excluding hydrogens is 540 g/mol. The van der Waals surface area contributed by atoms with Crippen molar-refractivity contribution in [3.8, 4) is 11.5 Å². The van der Waals surface area contributed by atoms with E-state index in [0.717, 1.165) is 32.4 Å². The zero-order valence-corrected chi connectivity index (χ0v) is 24.6. The molecule has 6 nitrogen and oxygen atoms in total. The van der Waals surface area contributed by atoms with Crippen LogP contribution in [0.25, 0.3) is 0 Å². The van der Waals surface area contributed by atoms with Crippen LogP contribution in [-0.4, -0.2) is 26.0 Å². The molecule has 2 aromatic carbocycles. The number of thiophene rings is 2. The molecule has 0 spiro atoms. The second-order valence-electron chi connectivity index (χ2n) is 9.80. The van der Waals surface area contributed by atoms with Crippen molar-refractivity contribution in [3.63, 3.8) is 0 Å². The lowest BCUT2D eigenvalue weighted by atomic mass is 9.72. The summed E-state index contributed by atoms with van der Waals surface area (Å²) in [7, 11) is 3.29. The minimum Gasteiger partial charge on any atom is -0.497 e. The van der Waals surface area contributed by atoms with E-state index >= 15 is 0 Å². The molecule has 0 aliphatic rings. The van der Waals surface area contributed by atoms with Gasteiger partial charge in [0, 0.05) is 16.2 Å². The molecule has 0 aliphatic carbocycles. The van der Waals surface area contributed by atoms with Crippen molar-refractivity contribution in [3.05, 3.63) is 104 Å². The number of hydrogen-bond donors (Lipinski definition) is 2. The first kappa shape index (κ1) is 29.4. The van der Waals surface area contributed by atoms with Gasteiger partial charge < -0.3 is 20.1 Å². The van der Waals surface area contributed by atoms with E-state index in [2.05, 4.69) is 10.6 Å². The van der Waals surface area contributed by atoms with Gasteiger partial charge in [0.1, 0.15) is 11.5 Å². The van der Waals surface area contributed by atoms with Gasteiger partial charge >= 0.3 is 0 Å². The highest BCUT2D eigenvalue weighted by atomic mass is 32.1. The Morgan fingerprint density at radius 1 is 0.725 bits per heavy atom. The van der Waals surface area contributed by atoms with Gasteiger partial charge in [0.15, 0.2) is 0 Å². The summed E-state index contributed by atoms with van der Waals surface area (Å²) in [6.07, 6.45) is 2.59. The largest absolute Gasteiger partial charge is 0.497 e. The van der Waals surface area contributed by atoms with Crippen molar-refractivity contribution in [1.82, 2.24) is 10.6 Å².